The smallest absolute Gasteiger partial charge is 0.142 e. The van der Waals surface area contributed by atoms with Crippen LogP contribution in [0.4, 0.5) is 4.39 Å². The Kier molecular flexibility index (Phi) is 7.59. The molecule has 0 spiro atoms. The molecule has 0 N–H and O–H groups in total. The maximum Gasteiger partial charge on any atom is 0.142 e. The van der Waals surface area contributed by atoms with E-state index in [0.29, 0.717) is 5.92 Å². The summed E-state index contributed by atoms with van der Waals surface area (Å²) in [6.45, 7) is 2.29. The van der Waals surface area contributed by atoms with Crippen molar-refractivity contribution in [3.63, 3.8) is 0 Å². The molecule has 0 amide bonds. The first-order chi connectivity index (χ1) is 13.1. The average Bonchev–Trinajstić information content (AvgIpc) is 2.69. The second kappa shape index (κ2) is 9.92. The number of rotatable bonds is 6. The van der Waals surface area contributed by atoms with Gasteiger partial charge in [-0.2, -0.15) is 5.26 Å². The highest BCUT2D eigenvalue weighted by Crippen LogP contribution is 2.45. The van der Waals surface area contributed by atoms with Gasteiger partial charge >= 0.3 is 0 Å². The van der Waals surface area contributed by atoms with Crippen LogP contribution in [-0.4, -0.2) is 0 Å². The van der Waals surface area contributed by atoms with Crippen LogP contribution in [0.15, 0.2) is 12.1 Å². The van der Waals surface area contributed by atoms with Crippen LogP contribution >= 0.6 is 11.6 Å². The Hall–Kier alpha value is -1.07. The number of benzene rings is 1. The van der Waals surface area contributed by atoms with E-state index in [2.05, 4.69) is 6.92 Å². The monoisotopic (exact) mass is 389 g/mol. The molecule has 1 aromatic rings. The van der Waals surface area contributed by atoms with Crippen LogP contribution in [0.5, 0.6) is 0 Å². The molecular weight excluding hydrogens is 357 g/mol. The molecule has 0 radical (unpaired) electrons. The lowest BCUT2D eigenvalue weighted by Crippen LogP contribution is -2.25. The van der Waals surface area contributed by atoms with Crippen molar-refractivity contribution in [2.75, 3.05) is 0 Å². The fourth-order valence-corrected chi connectivity index (χ4v) is 5.75. The van der Waals surface area contributed by atoms with E-state index >= 15 is 0 Å². The molecule has 1 aromatic carbocycles. The molecule has 0 aromatic heterocycles. The van der Waals surface area contributed by atoms with E-state index in [1.54, 1.807) is 0 Å². The van der Waals surface area contributed by atoms with Gasteiger partial charge in [-0.25, -0.2) is 4.39 Å². The maximum atomic E-state index is 14.1. The van der Waals surface area contributed by atoms with E-state index in [1.165, 1.54) is 70.3 Å². The van der Waals surface area contributed by atoms with E-state index in [9.17, 15) is 4.39 Å². The molecule has 0 bridgehead atoms. The van der Waals surface area contributed by atoms with Gasteiger partial charge in [-0.15, -0.1) is 0 Å². The lowest BCUT2D eigenvalue weighted by Gasteiger charge is -2.38. The van der Waals surface area contributed by atoms with Gasteiger partial charge in [0.05, 0.1) is 5.02 Å². The van der Waals surface area contributed by atoms with Crippen LogP contribution in [0.3, 0.4) is 0 Å². The van der Waals surface area contributed by atoms with Crippen molar-refractivity contribution in [1.82, 2.24) is 0 Å². The molecule has 0 aliphatic heterocycles. The summed E-state index contributed by atoms with van der Waals surface area (Å²) in [4.78, 5) is 0. The number of hydrogen-bond acceptors (Lipinski definition) is 1. The quantitative estimate of drug-likeness (QED) is 0.452. The summed E-state index contributed by atoms with van der Waals surface area (Å²) >= 11 is 6.10. The van der Waals surface area contributed by atoms with Crippen molar-refractivity contribution in [2.24, 2.45) is 17.8 Å². The van der Waals surface area contributed by atoms with E-state index < -0.39 is 5.82 Å². The third-order valence-corrected chi connectivity index (χ3v) is 7.49. The molecule has 0 atom stereocenters. The van der Waals surface area contributed by atoms with Gasteiger partial charge in [0, 0.05) is 0 Å². The molecule has 3 heteroatoms. The van der Waals surface area contributed by atoms with Gasteiger partial charge in [0.15, 0.2) is 0 Å². The summed E-state index contributed by atoms with van der Waals surface area (Å²) in [7, 11) is 0. The summed E-state index contributed by atoms with van der Waals surface area (Å²) in [6.07, 6.45) is 16.1. The number of unbranched alkanes of at least 4 members (excludes halogenated alkanes) is 2. The summed E-state index contributed by atoms with van der Waals surface area (Å²) in [6, 6.07) is 5.21. The molecule has 2 saturated carbocycles. The lowest BCUT2D eigenvalue weighted by atomic mass is 9.68. The van der Waals surface area contributed by atoms with Gasteiger partial charge in [-0.05, 0) is 79.9 Å². The van der Waals surface area contributed by atoms with Crippen LogP contribution in [-0.2, 0) is 0 Å². The first-order valence-electron chi connectivity index (χ1n) is 11.0. The number of halogens is 2. The molecule has 3 rings (SSSR count). The van der Waals surface area contributed by atoms with E-state index in [0.717, 1.165) is 36.2 Å². The second-order valence-corrected chi connectivity index (χ2v) is 9.27. The second-order valence-electron chi connectivity index (χ2n) is 8.86. The summed E-state index contributed by atoms with van der Waals surface area (Å²) in [5.41, 5.74) is 0.958. The molecule has 1 nitrogen and oxygen atoms in total. The van der Waals surface area contributed by atoms with Crippen molar-refractivity contribution >= 4 is 11.6 Å². The molecular formula is C24H33ClFN. The van der Waals surface area contributed by atoms with Crippen LogP contribution in [0, 0.1) is 34.9 Å². The molecule has 2 aliphatic rings. The predicted octanol–water partition coefficient (Wildman–Crippen LogP) is 8.01. The zero-order valence-electron chi connectivity index (χ0n) is 16.7. The van der Waals surface area contributed by atoms with E-state index in [4.69, 9.17) is 16.9 Å². The fraction of sp³-hybridized carbons (Fsp3) is 0.708. The van der Waals surface area contributed by atoms with Crippen molar-refractivity contribution in [3.8, 4) is 6.07 Å². The Bertz CT molecular complexity index is 626. The maximum absolute atomic E-state index is 14.1. The van der Waals surface area contributed by atoms with Crippen LogP contribution in [0.25, 0.3) is 0 Å². The van der Waals surface area contributed by atoms with E-state index in [1.807, 2.05) is 12.1 Å². The number of hydrogen-bond donors (Lipinski definition) is 0. The molecule has 148 valence electrons. The van der Waals surface area contributed by atoms with Crippen molar-refractivity contribution in [3.05, 3.63) is 34.1 Å². The molecule has 0 heterocycles. The zero-order valence-corrected chi connectivity index (χ0v) is 17.4. The minimum absolute atomic E-state index is 0.0233. The summed E-state index contributed by atoms with van der Waals surface area (Å²) in [5.74, 6) is 2.68. The SMILES string of the molecule is CCCCCC1CCC(C2CCC(c3cc(F)c(C#N)c(Cl)c3)CC2)CC1. The van der Waals surface area contributed by atoms with Gasteiger partial charge in [0.2, 0.25) is 0 Å². The number of nitrogens with zero attached hydrogens (tertiary/aromatic N) is 1. The van der Waals surface area contributed by atoms with Crippen molar-refractivity contribution in [1.29, 1.82) is 5.26 Å². The Morgan fingerprint density at radius 2 is 1.63 bits per heavy atom. The number of nitriles is 1. The molecule has 2 aliphatic carbocycles. The van der Waals surface area contributed by atoms with Crippen LogP contribution < -0.4 is 0 Å². The standard InChI is InChI=1S/C24H33ClFN/c1-2-3-4-5-17-6-8-18(9-7-17)19-10-12-20(13-11-19)21-14-23(25)22(16-27)24(26)15-21/h14-15,17-20H,2-13H2,1H3. The minimum atomic E-state index is -0.469. The fourth-order valence-electron chi connectivity index (χ4n) is 5.49. The average molecular weight is 390 g/mol. The van der Waals surface area contributed by atoms with Crippen molar-refractivity contribution in [2.45, 2.75) is 89.9 Å². The molecule has 0 unspecified atom stereocenters. The summed E-state index contributed by atoms with van der Waals surface area (Å²) < 4.78 is 14.1. The zero-order chi connectivity index (χ0) is 19.2. The van der Waals surface area contributed by atoms with Crippen LogP contribution in [0.1, 0.15) is 101 Å². The molecule has 2 fully saturated rings. The minimum Gasteiger partial charge on any atom is -0.205 e. The largest absolute Gasteiger partial charge is 0.205 e. The lowest BCUT2D eigenvalue weighted by molar-refractivity contribution is 0.155. The Morgan fingerprint density at radius 3 is 2.19 bits per heavy atom. The van der Waals surface area contributed by atoms with E-state index in [-0.39, 0.29) is 10.6 Å². The Labute approximate surface area is 169 Å². The first-order valence-corrected chi connectivity index (χ1v) is 11.4. The summed E-state index contributed by atoms with van der Waals surface area (Å²) in [5, 5.41) is 9.24. The third kappa shape index (κ3) is 5.26. The topological polar surface area (TPSA) is 23.8 Å². The van der Waals surface area contributed by atoms with Gasteiger partial charge in [-0.1, -0.05) is 57.0 Å². The Balaban J connectivity index is 1.48. The predicted molar refractivity (Wildman–Crippen MR) is 110 cm³/mol. The van der Waals surface area contributed by atoms with Gasteiger partial charge in [0.1, 0.15) is 17.4 Å². The molecule has 27 heavy (non-hydrogen) atoms. The molecule has 0 saturated heterocycles. The van der Waals surface area contributed by atoms with Crippen molar-refractivity contribution < 1.29 is 4.39 Å². The normalized spacial score (nSPS) is 28.7. The van der Waals surface area contributed by atoms with Gasteiger partial charge in [-0.3, -0.25) is 0 Å². The highest BCUT2D eigenvalue weighted by Gasteiger charge is 2.31. The van der Waals surface area contributed by atoms with Gasteiger partial charge < -0.3 is 0 Å². The highest BCUT2D eigenvalue weighted by molar-refractivity contribution is 6.31. The van der Waals surface area contributed by atoms with Crippen LogP contribution in [0.2, 0.25) is 5.02 Å². The Morgan fingerprint density at radius 1 is 1.00 bits per heavy atom. The third-order valence-electron chi connectivity index (χ3n) is 7.19. The first kappa shape index (κ1) is 20.7. The van der Waals surface area contributed by atoms with Gasteiger partial charge in [0.25, 0.3) is 0 Å². The highest BCUT2D eigenvalue weighted by atomic mass is 35.5.